The van der Waals surface area contributed by atoms with E-state index in [1.54, 1.807) is 24.3 Å². The van der Waals surface area contributed by atoms with Gasteiger partial charge < -0.3 is 10.2 Å². The van der Waals surface area contributed by atoms with Crippen molar-refractivity contribution in [3.8, 4) is 0 Å². The average Bonchev–Trinajstić information content (AvgIpc) is 2.70. The minimum absolute atomic E-state index is 0.00924. The molecule has 3 aromatic rings. The van der Waals surface area contributed by atoms with Crippen LogP contribution in [-0.4, -0.2) is 33.4 Å². The second-order valence-electron chi connectivity index (χ2n) is 6.51. The van der Waals surface area contributed by atoms with E-state index in [2.05, 4.69) is 15.0 Å². The predicted molar refractivity (Wildman–Crippen MR) is 120 cm³/mol. The smallest absolute Gasteiger partial charge is 0.263 e. The monoisotopic (exact) mass is 464 g/mol. The van der Waals surface area contributed by atoms with Crippen molar-refractivity contribution < 1.29 is 13.2 Å². The molecule has 0 fully saturated rings. The molecule has 0 unspecified atom stereocenters. The van der Waals surface area contributed by atoms with E-state index in [1.807, 2.05) is 19.0 Å². The predicted octanol–water partition coefficient (Wildman–Crippen LogP) is 4.51. The molecule has 7 nitrogen and oxygen atoms in total. The van der Waals surface area contributed by atoms with Gasteiger partial charge >= 0.3 is 0 Å². The Hall–Kier alpha value is -2.81. The standard InChI is InChI=1S/C20H18Cl2N4O3S/c1-26(2)19-10-8-16(12-23-19)24-20(27)13-3-9-17(22)18(11-13)30(28,29)25-15-6-4-14(21)5-7-15/h3-12,25H,1-2H3,(H,24,27). The number of benzene rings is 2. The molecule has 0 bridgehead atoms. The van der Waals surface area contributed by atoms with Crippen LogP contribution in [0.5, 0.6) is 0 Å². The van der Waals surface area contributed by atoms with Crippen molar-refractivity contribution in [3.63, 3.8) is 0 Å². The topological polar surface area (TPSA) is 91.4 Å². The number of amides is 1. The van der Waals surface area contributed by atoms with Crippen LogP contribution in [0.15, 0.2) is 65.7 Å². The van der Waals surface area contributed by atoms with E-state index < -0.39 is 15.9 Å². The van der Waals surface area contributed by atoms with E-state index in [4.69, 9.17) is 23.2 Å². The second kappa shape index (κ2) is 8.91. The summed E-state index contributed by atoms with van der Waals surface area (Å²) in [6.07, 6.45) is 1.52. The Morgan fingerprint density at radius 1 is 0.967 bits per heavy atom. The summed E-state index contributed by atoms with van der Waals surface area (Å²) in [7, 11) is -0.313. The van der Waals surface area contributed by atoms with Crippen molar-refractivity contribution in [2.45, 2.75) is 4.90 Å². The molecule has 10 heteroatoms. The SMILES string of the molecule is CN(C)c1ccc(NC(=O)c2ccc(Cl)c(S(=O)(=O)Nc3ccc(Cl)cc3)c2)cn1. The van der Waals surface area contributed by atoms with E-state index in [0.29, 0.717) is 16.4 Å². The second-order valence-corrected chi connectivity index (χ2v) is 9.01. The number of hydrogen-bond acceptors (Lipinski definition) is 5. The van der Waals surface area contributed by atoms with E-state index in [9.17, 15) is 13.2 Å². The number of carbonyl (C=O) groups excluding carboxylic acids is 1. The van der Waals surface area contributed by atoms with Crippen LogP contribution >= 0.6 is 23.2 Å². The van der Waals surface area contributed by atoms with Crippen LogP contribution in [0.3, 0.4) is 0 Å². The Labute approximate surface area is 184 Å². The third kappa shape index (κ3) is 5.21. The van der Waals surface area contributed by atoms with Gasteiger partial charge in [-0.2, -0.15) is 0 Å². The number of sulfonamides is 1. The van der Waals surface area contributed by atoms with Crippen LogP contribution in [0.1, 0.15) is 10.4 Å². The summed E-state index contributed by atoms with van der Waals surface area (Å²) >= 11 is 11.9. The molecule has 0 spiro atoms. The summed E-state index contributed by atoms with van der Waals surface area (Å²) in [5, 5.41) is 3.15. The molecule has 0 atom stereocenters. The molecular weight excluding hydrogens is 447 g/mol. The lowest BCUT2D eigenvalue weighted by molar-refractivity contribution is 0.102. The van der Waals surface area contributed by atoms with Gasteiger partial charge in [0.15, 0.2) is 0 Å². The van der Waals surface area contributed by atoms with Crippen LogP contribution in [0, 0.1) is 0 Å². The van der Waals surface area contributed by atoms with E-state index in [-0.39, 0.29) is 15.5 Å². The summed E-state index contributed by atoms with van der Waals surface area (Å²) in [5.41, 5.74) is 0.925. The van der Waals surface area contributed by atoms with E-state index in [0.717, 1.165) is 5.82 Å². The van der Waals surface area contributed by atoms with Gasteiger partial charge in [0.1, 0.15) is 10.7 Å². The van der Waals surface area contributed by atoms with Crippen molar-refractivity contribution in [1.82, 2.24) is 4.98 Å². The molecule has 1 amide bonds. The van der Waals surface area contributed by atoms with Crippen molar-refractivity contribution in [2.24, 2.45) is 0 Å². The molecule has 0 saturated heterocycles. The number of hydrogen-bond donors (Lipinski definition) is 2. The Balaban J connectivity index is 1.83. The van der Waals surface area contributed by atoms with Crippen molar-refractivity contribution in [1.29, 1.82) is 0 Å². The fourth-order valence-electron chi connectivity index (χ4n) is 2.51. The minimum atomic E-state index is -4.02. The van der Waals surface area contributed by atoms with Crippen molar-refractivity contribution in [2.75, 3.05) is 29.0 Å². The zero-order valence-corrected chi connectivity index (χ0v) is 18.4. The highest BCUT2D eigenvalue weighted by molar-refractivity contribution is 7.92. The largest absolute Gasteiger partial charge is 0.363 e. The van der Waals surface area contributed by atoms with Crippen molar-refractivity contribution in [3.05, 3.63) is 76.4 Å². The minimum Gasteiger partial charge on any atom is -0.363 e. The van der Waals surface area contributed by atoms with Gasteiger partial charge in [-0.1, -0.05) is 23.2 Å². The Kier molecular flexibility index (Phi) is 6.50. The number of nitrogens with one attached hydrogen (secondary N) is 2. The van der Waals surface area contributed by atoms with Gasteiger partial charge in [-0.05, 0) is 54.6 Å². The zero-order valence-electron chi connectivity index (χ0n) is 16.1. The molecule has 30 heavy (non-hydrogen) atoms. The molecule has 1 heterocycles. The molecule has 156 valence electrons. The maximum Gasteiger partial charge on any atom is 0.263 e. The number of pyridine rings is 1. The van der Waals surface area contributed by atoms with Gasteiger partial charge in [0.2, 0.25) is 0 Å². The third-order valence-electron chi connectivity index (χ3n) is 4.04. The summed E-state index contributed by atoms with van der Waals surface area (Å²) < 4.78 is 28.0. The van der Waals surface area contributed by atoms with E-state index >= 15 is 0 Å². The highest BCUT2D eigenvalue weighted by Gasteiger charge is 2.20. The molecule has 0 aliphatic rings. The normalized spacial score (nSPS) is 11.1. The van der Waals surface area contributed by atoms with Gasteiger partial charge in [0.05, 0.1) is 16.9 Å². The molecule has 1 aromatic heterocycles. The lowest BCUT2D eigenvalue weighted by Gasteiger charge is -2.13. The first kappa shape index (κ1) is 21.9. The molecular formula is C20H18Cl2N4O3S. The number of aromatic nitrogens is 1. The highest BCUT2D eigenvalue weighted by atomic mass is 35.5. The number of carbonyl (C=O) groups is 1. The summed E-state index contributed by atoms with van der Waals surface area (Å²) in [5.74, 6) is 0.246. The van der Waals surface area contributed by atoms with Crippen LogP contribution in [-0.2, 0) is 10.0 Å². The first-order valence-electron chi connectivity index (χ1n) is 8.68. The Bertz CT molecular complexity index is 1170. The first-order chi connectivity index (χ1) is 14.2. The van der Waals surface area contributed by atoms with Gasteiger partial charge in [-0.25, -0.2) is 13.4 Å². The first-order valence-corrected chi connectivity index (χ1v) is 10.9. The summed E-state index contributed by atoms with van der Waals surface area (Å²) in [6.45, 7) is 0. The average molecular weight is 465 g/mol. The van der Waals surface area contributed by atoms with Gasteiger partial charge in [0.25, 0.3) is 15.9 Å². The highest BCUT2D eigenvalue weighted by Crippen LogP contribution is 2.26. The zero-order chi connectivity index (χ0) is 21.9. The molecule has 0 aliphatic carbocycles. The van der Waals surface area contributed by atoms with Gasteiger partial charge in [-0.15, -0.1) is 0 Å². The van der Waals surface area contributed by atoms with E-state index in [1.165, 1.54) is 36.5 Å². The molecule has 2 N–H and O–H groups in total. The summed E-state index contributed by atoms with van der Waals surface area (Å²) in [6, 6.07) is 13.6. The third-order valence-corrected chi connectivity index (χ3v) is 6.16. The number of halogens is 2. The van der Waals surface area contributed by atoms with Crippen molar-refractivity contribution >= 4 is 56.3 Å². The van der Waals surface area contributed by atoms with Crippen LogP contribution in [0.2, 0.25) is 10.0 Å². The molecule has 0 radical (unpaired) electrons. The van der Waals surface area contributed by atoms with Gasteiger partial charge in [-0.3, -0.25) is 9.52 Å². The maximum absolute atomic E-state index is 12.8. The van der Waals surface area contributed by atoms with Crippen LogP contribution in [0.25, 0.3) is 0 Å². The molecule has 0 aliphatic heterocycles. The van der Waals surface area contributed by atoms with Crippen LogP contribution < -0.4 is 14.9 Å². The lowest BCUT2D eigenvalue weighted by Crippen LogP contribution is -2.17. The van der Waals surface area contributed by atoms with Gasteiger partial charge in [0, 0.05) is 30.4 Å². The molecule has 0 saturated carbocycles. The quantitative estimate of drug-likeness (QED) is 0.559. The maximum atomic E-state index is 12.8. The van der Waals surface area contributed by atoms with Crippen LogP contribution in [0.4, 0.5) is 17.2 Å². The summed E-state index contributed by atoms with van der Waals surface area (Å²) in [4.78, 5) is 18.4. The number of nitrogens with zero attached hydrogens (tertiary/aromatic N) is 2. The number of anilines is 3. The fourth-order valence-corrected chi connectivity index (χ4v) is 4.22. The number of rotatable bonds is 6. The Morgan fingerprint density at radius 3 is 2.23 bits per heavy atom. The lowest BCUT2D eigenvalue weighted by atomic mass is 10.2. The molecule has 3 rings (SSSR count). The molecule has 2 aromatic carbocycles. The fraction of sp³-hybridized carbons (Fsp3) is 0.100. The Morgan fingerprint density at radius 2 is 1.63 bits per heavy atom.